The van der Waals surface area contributed by atoms with Gasteiger partial charge in [-0.3, -0.25) is 4.79 Å². The number of carboxylic acids is 1. The molecule has 0 heterocycles. The van der Waals surface area contributed by atoms with Gasteiger partial charge in [-0.1, -0.05) is 26.0 Å². The Morgan fingerprint density at radius 1 is 1.37 bits per heavy atom. The van der Waals surface area contributed by atoms with Crippen molar-refractivity contribution in [2.75, 3.05) is 0 Å². The van der Waals surface area contributed by atoms with Crippen molar-refractivity contribution >= 4 is 5.97 Å². The van der Waals surface area contributed by atoms with Crippen molar-refractivity contribution in [1.29, 1.82) is 0 Å². The van der Waals surface area contributed by atoms with Gasteiger partial charge < -0.3 is 9.84 Å². The molecule has 1 aromatic rings. The molecule has 1 fully saturated rings. The van der Waals surface area contributed by atoms with Gasteiger partial charge in [-0.15, -0.1) is 13.2 Å². The molecular weight excluding hydrogens is 261 g/mol. The summed E-state index contributed by atoms with van der Waals surface area (Å²) in [6.07, 6.45) is -4.75. The lowest BCUT2D eigenvalue weighted by Crippen LogP contribution is -2.17. The number of hydrogen-bond acceptors (Lipinski definition) is 2. The smallest absolute Gasteiger partial charge is 0.481 e. The Bertz CT molecular complexity index is 508. The lowest BCUT2D eigenvalue weighted by molar-refractivity contribution is -0.274. The monoisotopic (exact) mass is 274 g/mol. The number of ether oxygens (including phenoxy) is 1. The van der Waals surface area contributed by atoms with Crippen LogP contribution in [0.15, 0.2) is 24.3 Å². The van der Waals surface area contributed by atoms with Gasteiger partial charge in [-0.2, -0.15) is 0 Å². The van der Waals surface area contributed by atoms with Crippen LogP contribution in [0.5, 0.6) is 5.75 Å². The van der Waals surface area contributed by atoms with Crippen molar-refractivity contribution < 1.29 is 27.8 Å². The van der Waals surface area contributed by atoms with Gasteiger partial charge in [-0.05, 0) is 23.1 Å². The summed E-state index contributed by atoms with van der Waals surface area (Å²) >= 11 is 0. The summed E-state index contributed by atoms with van der Waals surface area (Å²) in [7, 11) is 0. The maximum Gasteiger partial charge on any atom is 0.573 e. The maximum atomic E-state index is 12.1. The quantitative estimate of drug-likeness (QED) is 0.918. The second-order valence-electron chi connectivity index (χ2n) is 5.24. The number of carbonyl (C=O) groups is 1. The summed E-state index contributed by atoms with van der Waals surface area (Å²) in [5.74, 6) is -2.12. The molecule has 0 radical (unpaired) electrons. The van der Waals surface area contributed by atoms with Crippen molar-refractivity contribution in [3.05, 3.63) is 29.8 Å². The molecule has 1 N–H and O–H groups in total. The van der Waals surface area contributed by atoms with Crippen LogP contribution in [0.25, 0.3) is 0 Å². The first-order valence-corrected chi connectivity index (χ1v) is 5.71. The lowest BCUT2D eigenvalue weighted by atomic mass is 10.0. The van der Waals surface area contributed by atoms with E-state index >= 15 is 0 Å². The first-order valence-electron chi connectivity index (χ1n) is 5.71. The number of alkyl halides is 3. The molecule has 1 saturated carbocycles. The summed E-state index contributed by atoms with van der Waals surface area (Å²) in [6, 6.07) is 5.51. The van der Waals surface area contributed by atoms with E-state index in [2.05, 4.69) is 4.74 Å². The fourth-order valence-electron chi connectivity index (χ4n) is 2.63. The lowest BCUT2D eigenvalue weighted by Gasteiger charge is -2.10. The molecule has 0 aromatic heterocycles. The molecule has 2 unspecified atom stereocenters. The summed E-state index contributed by atoms with van der Waals surface area (Å²) in [4.78, 5) is 11.1. The van der Waals surface area contributed by atoms with Crippen molar-refractivity contribution in [2.24, 2.45) is 11.3 Å². The van der Waals surface area contributed by atoms with Gasteiger partial charge in [0.15, 0.2) is 0 Å². The topological polar surface area (TPSA) is 46.5 Å². The first kappa shape index (κ1) is 13.7. The van der Waals surface area contributed by atoms with Crippen LogP contribution in [-0.2, 0) is 4.79 Å². The van der Waals surface area contributed by atoms with Gasteiger partial charge in [0.05, 0.1) is 5.92 Å². The van der Waals surface area contributed by atoms with E-state index in [0.717, 1.165) is 0 Å². The van der Waals surface area contributed by atoms with Crippen molar-refractivity contribution in [2.45, 2.75) is 26.1 Å². The molecule has 0 saturated heterocycles. The Morgan fingerprint density at radius 3 is 2.47 bits per heavy atom. The summed E-state index contributed by atoms with van der Waals surface area (Å²) in [5.41, 5.74) is 0.0991. The van der Waals surface area contributed by atoms with Gasteiger partial charge in [0.2, 0.25) is 0 Å². The average Bonchev–Trinajstić information content (AvgIpc) is 2.79. The van der Waals surface area contributed by atoms with Crippen molar-refractivity contribution in [3.8, 4) is 5.75 Å². The van der Waals surface area contributed by atoms with Crippen molar-refractivity contribution in [1.82, 2.24) is 0 Å². The predicted octanol–water partition coefficient (Wildman–Crippen LogP) is 3.41. The molecule has 19 heavy (non-hydrogen) atoms. The Labute approximate surface area is 108 Å². The number of benzene rings is 1. The SMILES string of the molecule is CC1(C)C(C(=O)O)C1c1cccc(OC(F)(F)F)c1. The van der Waals surface area contributed by atoms with Crippen molar-refractivity contribution in [3.63, 3.8) is 0 Å². The Hall–Kier alpha value is -1.72. The normalized spacial score (nSPS) is 24.9. The van der Waals surface area contributed by atoms with E-state index in [1.807, 2.05) is 0 Å². The number of carboxylic acid groups (broad SMARTS) is 1. The van der Waals surface area contributed by atoms with E-state index in [-0.39, 0.29) is 11.7 Å². The number of halogens is 3. The fourth-order valence-corrected chi connectivity index (χ4v) is 2.63. The average molecular weight is 274 g/mol. The van der Waals surface area contributed by atoms with Crippen LogP contribution in [-0.4, -0.2) is 17.4 Å². The molecule has 1 aliphatic carbocycles. The second kappa shape index (κ2) is 4.15. The van der Waals surface area contributed by atoms with Gasteiger partial charge in [0, 0.05) is 5.92 Å². The first-order chi connectivity index (χ1) is 8.63. The van der Waals surface area contributed by atoms with Crippen LogP contribution < -0.4 is 4.74 Å². The number of aliphatic carboxylic acids is 1. The zero-order valence-corrected chi connectivity index (χ0v) is 10.4. The van der Waals surface area contributed by atoms with Crippen LogP contribution in [0.1, 0.15) is 25.3 Å². The van der Waals surface area contributed by atoms with Gasteiger partial charge in [-0.25, -0.2) is 0 Å². The molecule has 6 heteroatoms. The fraction of sp³-hybridized carbons (Fsp3) is 0.462. The number of rotatable bonds is 3. The van der Waals surface area contributed by atoms with Crippen LogP contribution in [0.2, 0.25) is 0 Å². The summed E-state index contributed by atoms with van der Waals surface area (Å²) < 4.78 is 40.2. The molecule has 1 aliphatic rings. The van der Waals surface area contributed by atoms with Gasteiger partial charge >= 0.3 is 12.3 Å². The third kappa shape index (κ3) is 2.67. The van der Waals surface area contributed by atoms with E-state index in [9.17, 15) is 18.0 Å². The highest BCUT2D eigenvalue weighted by Crippen LogP contribution is 2.64. The second-order valence-corrected chi connectivity index (χ2v) is 5.24. The summed E-state index contributed by atoms with van der Waals surface area (Å²) in [5, 5.41) is 9.07. The van der Waals surface area contributed by atoms with Crippen LogP contribution in [0.3, 0.4) is 0 Å². The highest BCUT2D eigenvalue weighted by molar-refractivity contribution is 5.77. The third-order valence-corrected chi connectivity index (χ3v) is 3.54. The molecule has 0 bridgehead atoms. The minimum atomic E-state index is -4.75. The Kier molecular flexibility index (Phi) is 2.99. The highest BCUT2D eigenvalue weighted by atomic mass is 19.4. The molecular formula is C13H13F3O3. The molecule has 0 amide bonds. The number of hydrogen-bond donors (Lipinski definition) is 1. The summed E-state index contributed by atoms with van der Waals surface area (Å²) in [6.45, 7) is 3.57. The molecule has 3 nitrogen and oxygen atoms in total. The minimum Gasteiger partial charge on any atom is -0.481 e. The maximum absolute atomic E-state index is 12.1. The van der Waals surface area contributed by atoms with Crippen LogP contribution >= 0.6 is 0 Å². The molecule has 2 atom stereocenters. The van der Waals surface area contributed by atoms with Gasteiger partial charge in [0.1, 0.15) is 5.75 Å². The zero-order chi connectivity index (χ0) is 14.4. The molecule has 0 aliphatic heterocycles. The van der Waals surface area contributed by atoms with E-state index in [1.165, 1.54) is 18.2 Å². The predicted molar refractivity (Wildman–Crippen MR) is 60.8 cm³/mol. The molecule has 104 valence electrons. The van der Waals surface area contributed by atoms with E-state index < -0.39 is 23.7 Å². The third-order valence-electron chi connectivity index (χ3n) is 3.54. The molecule has 1 aromatic carbocycles. The minimum absolute atomic E-state index is 0.290. The van der Waals surface area contributed by atoms with Gasteiger partial charge in [0.25, 0.3) is 0 Å². The molecule has 2 rings (SSSR count). The Morgan fingerprint density at radius 2 is 2.00 bits per heavy atom. The highest BCUT2D eigenvalue weighted by Gasteiger charge is 2.62. The van der Waals surface area contributed by atoms with Crippen LogP contribution in [0.4, 0.5) is 13.2 Å². The molecule has 0 spiro atoms. The standard InChI is InChI=1S/C13H13F3O3/c1-12(2)9(10(12)11(17)18)7-4-3-5-8(6-7)19-13(14,15)16/h3-6,9-10H,1-2H3,(H,17,18). The van der Waals surface area contributed by atoms with E-state index in [4.69, 9.17) is 5.11 Å². The largest absolute Gasteiger partial charge is 0.573 e. The van der Waals surface area contributed by atoms with E-state index in [0.29, 0.717) is 5.56 Å². The Balaban J connectivity index is 2.24. The zero-order valence-electron chi connectivity index (χ0n) is 10.4. The van der Waals surface area contributed by atoms with Crippen LogP contribution in [0, 0.1) is 11.3 Å². The van der Waals surface area contributed by atoms with E-state index in [1.54, 1.807) is 19.9 Å².